The Bertz CT molecular complexity index is 1070. The third-order valence-corrected chi connectivity index (χ3v) is 7.00. The van der Waals surface area contributed by atoms with Crippen LogP contribution in [0.3, 0.4) is 0 Å². The molecule has 0 aromatic heterocycles. The number of ether oxygens (including phenoxy) is 1. The summed E-state index contributed by atoms with van der Waals surface area (Å²) in [6, 6.07) is 15.1. The molecule has 3 amide bonds. The number of carbonyl (C=O) groups is 3. The Morgan fingerprint density at radius 1 is 0.971 bits per heavy atom. The van der Waals surface area contributed by atoms with Crippen LogP contribution in [0.5, 0.6) is 0 Å². The molecule has 2 aromatic rings. The SMILES string of the molecule is Cc1ccc(N2C(=O)[C@H](C(=O)N3CCOCC3)[C@@H](c3ccc(N(C)C)cc3)C(C)(C)C2=O)cc1. The van der Waals surface area contributed by atoms with Crippen LogP contribution in [0.1, 0.15) is 30.9 Å². The summed E-state index contributed by atoms with van der Waals surface area (Å²) >= 11 is 0. The van der Waals surface area contributed by atoms with E-state index < -0.39 is 23.2 Å². The van der Waals surface area contributed by atoms with E-state index in [0.717, 1.165) is 16.8 Å². The predicted octanol–water partition coefficient (Wildman–Crippen LogP) is 3.22. The molecule has 2 aliphatic rings. The van der Waals surface area contributed by atoms with Crippen molar-refractivity contribution in [3.8, 4) is 0 Å². The largest absolute Gasteiger partial charge is 0.378 e. The normalized spacial score (nSPS) is 22.6. The van der Waals surface area contributed by atoms with Crippen LogP contribution in [0, 0.1) is 18.3 Å². The van der Waals surface area contributed by atoms with E-state index in [-0.39, 0.29) is 11.8 Å². The molecule has 0 radical (unpaired) electrons. The van der Waals surface area contributed by atoms with Crippen molar-refractivity contribution in [2.24, 2.45) is 11.3 Å². The van der Waals surface area contributed by atoms with Crippen molar-refractivity contribution >= 4 is 29.1 Å². The highest BCUT2D eigenvalue weighted by molar-refractivity contribution is 6.24. The van der Waals surface area contributed by atoms with Crippen LogP contribution in [0.15, 0.2) is 48.5 Å². The van der Waals surface area contributed by atoms with Gasteiger partial charge in [0.05, 0.1) is 24.3 Å². The first-order chi connectivity index (χ1) is 16.1. The summed E-state index contributed by atoms with van der Waals surface area (Å²) in [7, 11) is 3.91. The molecule has 2 saturated heterocycles. The summed E-state index contributed by atoms with van der Waals surface area (Å²) in [6.07, 6.45) is 0. The fourth-order valence-electron chi connectivity index (χ4n) is 4.98. The van der Waals surface area contributed by atoms with Crippen LogP contribution in [-0.2, 0) is 19.1 Å². The van der Waals surface area contributed by atoms with Gasteiger partial charge in [0.2, 0.25) is 17.7 Å². The highest BCUT2D eigenvalue weighted by Gasteiger charge is 2.57. The van der Waals surface area contributed by atoms with E-state index in [0.29, 0.717) is 32.0 Å². The number of nitrogens with zero attached hydrogens (tertiary/aromatic N) is 3. The van der Waals surface area contributed by atoms with Gasteiger partial charge in [-0.1, -0.05) is 43.7 Å². The number of amides is 3. The highest BCUT2D eigenvalue weighted by Crippen LogP contribution is 2.48. The van der Waals surface area contributed by atoms with Gasteiger partial charge in [0.25, 0.3) is 0 Å². The number of rotatable bonds is 4. The Hall–Kier alpha value is -3.19. The number of piperidine rings is 1. The number of morpholine rings is 1. The Morgan fingerprint density at radius 2 is 1.56 bits per heavy atom. The van der Waals surface area contributed by atoms with Crippen LogP contribution in [0.2, 0.25) is 0 Å². The summed E-state index contributed by atoms with van der Waals surface area (Å²) < 4.78 is 5.42. The van der Waals surface area contributed by atoms with Gasteiger partial charge in [0.15, 0.2) is 0 Å². The summed E-state index contributed by atoms with van der Waals surface area (Å²) in [6.45, 7) is 7.39. The molecule has 0 aliphatic carbocycles. The molecule has 2 heterocycles. The fourth-order valence-corrected chi connectivity index (χ4v) is 4.98. The van der Waals surface area contributed by atoms with E-state index >= 15 is 0 Å². The van der Waals surface area contributed by atoms with Crippen LogP contribution in [-0.4, -0.2) is 63.0 Å². The first-order valence-electron chi connectivity index (χ1n) is 11.7. The van der Waals surface area contributed by atoms with Gasteiger partial charge in [-0.3, -0.25) is 14.4 Å². The van der Waals surface area contributed by atoms with E-state index in [1.807, 2.05) is 76.2 Å². The second-order valence-electron chi connectivity index (χ2n) is 9.91. The zero-order valence-corrected chi connectivity index (χ0v) is 20.6. The number of hydrogen-bond acceptors (Lipinski definition) is 5. The molecule has 2 atom stereocenters. The first kappa shape index (κ1) is 24.0. The summed E-state index contributed by atoms with van der Waals surface area (Å²) in [5.41, 5.74) is 2.36. The number of benzene rings is 2. The van der Waals surface area contributed by atoms with Gasteiger partial charge < -0.3 is 14.5 Å². The molecule has 0 unspecified atom stereocenters. The van der Waals surface area contributed by atoms with Crippen molar-refractivity contribution < 1.29 is 19.1 Å². The molecule has 4 rings (SSSR count). The molecule has 180 valence electrons. The van der Waals surface area contributed by atoms with Gasteiger partial charge in [0.1, 0.15) is 5.92 Å². The van der Waals surface area contributed by atoms with E-state index in [9.17, 15) is 14.4 Å². The predicted molar refractivity (Wildman–Crippen MR) is 132 cm³/mol. The van der Waals surface area contributed by atoms with E-state index in [2.05, 4.69) is 0 Å². The quantitative estimate of drug-likeness (QED) is 0.514. The number of anilines is 2. The van der Waals surface area contributed by atoms with Gasteiger partial charge in [-0.15, -0.1) is 0 Å². The summed E-state index contributed by atoms with van der Waals surface area (Å²) in [5.74, 6) is -2.59. The average Bonchev–Trinajstić information content (AvgIpc) is 2.83. The molecule has 7 nitrogen and oxygen atoms in total. The van der Waals surface area contributed by atoms with E-state index in [1.165, 1.54) is 4.90 Å². The van der Waals surface area contributed by atoms with E-state index in [4.69, 9.17) is 4.74 Å². The standard InChI is InChI=1S/C27H33N3O4/c1-18-6-10-21(11-7-18)30-25(32)22(24(31)29-14-16-34-17-15-29)23(27(2,3)26(30)33)19-8-12-20(13-9-19)28(4)5/h6-13,22-23H,14-17H2,1-5H3/t22-,23+/m0/s1. The maximum Gasteiger partial charge on any atom is 0.247 e. The Morgan fingerprint density at radius 3 is 2.12 bits per heavy atom. The first-order valence-corrected chi connectivity index (χ1v) is 11.7. The fraction of sp³-hybridized carbons (Fsp3) is 0.444. The van der Waals surface area contributed by atoms with Crippen LogP contribution >= 0.6 is 0 Å². The molecule has 0 saturated carbocycles. The van der Waals surface area contributed by atoms with Crippen LogP contribution in [0.4, 0.5) is 11.4 Å². The minimum absolute atomic E-state index is 0.243. The lowest BCUT2D eigenvalue weighted by atomic mass is 9.64. The lowest BCUT2D eigenvalue weighted by Gasteiger charge is -2.47. The van der Waals surface area contributed by atoms with Crippen molar-refractivity contribution in [3.63, 3.8) is 0 Å². The third kappa shape index (κ3) is 4.20. The summed E-state index contributed by atoms with van der Waals surface area (Å²) in [5, 5.41) is 0. The topological polar surface area (TPSA) is 70.2 Å². The minimum Gasteiger partial charge on any atom is -0.378 e. The molecular weight excluding hydrogens is 430 g/mol. The molecule has 34 heavy (non-hydrogen) atoms. The second-order valence-corrected chi connectivity index (χ2v) is 9.91. The van der Waals surface area contributed by atoms with Crippen molar-refractivity contribution in [2.45, 2.75) is 26.7 Å². The van der Waals surface area contributed by atoms with Crippen LogP contribution < -0.4 is 9.80 Å². The van der Waals surface area contributed by atoms with Crippen molar-refractivity contribution in [1.82, 2.24) is 4.90 Å². The molecule has 2 fully saturated rings. The number of hydrogen-bond donors (Lipinski definition) is 0. The number of imide groups is 1. The van der Waals surface area contributed by atoms with Gasteiger partial charge in [-0.2, -0.15) is 0 Å². The molecular formula is C27H33N3O4. The Balaban J connectivity index is 1.82. The Labute approximate surface area is 201 Å². The number of aryl methyl sites for hydroxylation is 1. The molecule has 2 aromatic carbocycles. The molecule has 0 spiro atoms. The summed E-state index contributed by atoms with van der Waals surface area (Å²) in [4.78, 5) is 46.5. The minimum atomic E-state index is -1.00. The smallest absolute Gasteiger partial charge is 0.247 e. The highest BCUT2D eigenvalue weighted by atomic mass is 16.5. The second kappa shape index (κ2) is 9.22. The molecule has 7 heteroatoms. The average molecular weight is 464 g/mol. The van der Waals surface area contributed by atoms with E-state index in [1.54, 1.807) is 17.0 Å². The monoisotopic (exact) mass is 463 g/mol. The van der Waals surface area contributed by atoms with Gasteiger partial charge in [-0.05, 0) is 36.8 Å². The van der Waals surface area contributed by atoms with Crippen molar-refractivity contribution in [3.05, 3.63) is 59.7 Å². The maximum absolute atomic E-state index is 14.0. The third-order valence-electron chi connectivity index (χ3n) is 7.00. The molecule has 0 N–H and O–H groups in total. The van der Waals surface area contributed by atoms with Gasteiger partial charge in [-0.25, -0.2) is 4.90 Å². The molecule has 0 bridgehead atoms. The zero-order chi connectivity index (χ0) is 24.6. The molecule has 2 aliphatic heterocycles. The lowest BCUT2D eigenvalue weighted by Crippen LogP contribution is -2.61. The maximum atomic E-state index is 14.0. The van der Waals surface area contributed by atoms with Crippen molar-refractivity contribution in [2.75, 3.05) is 50.2 Å². The number of carbonyl (C=O) groups excluding carboxylic acids is 3. The van der Waals surface area contributed by atoms with Crippen LogP contribution in [0.25, 0.3) is 0 Å². The zero-order valence-electron chi connectivity index (χ0n) is 20.6. The van der Waals surface area contributed by atoms with Gasteiger partial charge in [0, 0.05) is 38.8 Å². The lowest BCUT2D eigenvalue weighted by molar-refractivity contribution is -0.152. The Kier molecular flexibility index (Phi) is 6.49. The van der Waals surface area contributed by atoms with Gasteiger partial charge >= 0.3 is 0 Å². The van der Waals surface area contributed by atoms with Crippen molar-refractivity contribution in [1.29, 1.82) is 0 Å².